The topological polar surface area (TPSA) is 72.2 Å². The first-order chi connectivity index (χ1) is 9.47. The monoisotopic (exact) mass is 308 g/mol. The Morgan fingerprint density at radius 2 is 1.65 bits per heavy atom. The first-order valence-corrected chi connectivity index (χ1v) is 6.39. The third-order valence-electron chi connectivity index (χ3n) is 2.60. The van der Waals surface area contributed by atoms with Gasteiger partial charge in [0.2, 0.25) is 5.91 Å². The molecule has 0 heterocycles. The number of nitrogens with one attached hydrogen (secondary N) is 1. The number of benzene rings is 2. The molecule has 0 saturated carbocycles. The van der Waals surface area contributed by atoms with Crippen molar-refractivity contribution >= 4 is 40.7 Å². The van der Waals surface area contributed by atoms with E-state index >= 15 is 0 Å². The van der Waals surface area contributed by atoms with Crippen LogP contribution in [-0.2, 0) is 0 Å². The third kappa shape index (κ3) is 3.29. The number of primary amides is 1. The molecule has 0 fully saturated rings. The molecule has 102 valence electrons. The predicted molar refractivity (Wildman–Crippen MR) is 79.4 cm³/mol. The van der Waals surface area contributed by atoms with Crippen molar-refractivity contribution in [3.05, 3.63) is 63.6 Å². The first-order valence-electron chi connectivity index (χ1n) is 5.63. The van der Waals surface area contributed by atoms with E-state index in [0.29, 0.717) is 21.8 Å². The maximum atomic E-state index is 12.0. The minimum absolute atomic E-state index is 0.267. The molecule has 0 radical (unpaired) electrons. The molecule has 0 aliphatic rings. The first kappa shape index (κ1) is 14.4. The predicted octanol–water partition coefficient (Wildman–Crippen LogP) is 3.34. The number of carbonyl (C=O) groups excluding carboxylic acids is 2. The Morgan fingerprint density at radius 1 is 1.00 bits per heavy atom. The molecule has 20 heavy (non-hydrogen) atoms. The normalized spacial score (nSPS) is 10.1. The van der Waals surface area contributed by atoms with Crippen LogP contribution in [0.15, 0.2) is 42.5 Å². The van der Waals surface area contributed by atoms with Crippen LogP contribution >= 0.6 is 23.2 Å². The van der Waals surface area contributed by atoms with Crippen molar-refractivity contribution in [2.45, 2.75) is 0 Å². The number of carbonyl (C=O) groups is 2. The summed E-state index contributed by atoms with van der Waals surface area (Å²) in [6.45, 7) is 0. The highest BCUT2D eigenvalue weighted by molar-refractivity contribution is 6.37. The Morgan fingerprint density at radius 3 is 2.20 bits per heavy atom. The third-order valence-corrected chi connectivity index (χ3v) is 3.15. The number of hydrogen-bond donors (Lipinski definition) is 2. The van der Waals surface area contributed by atoms with Gasteiger partial charge in [-0.25, -0.2) is 0 Å². The van der Waals surface area contributed by atoms with E-state index in [1.165, 1.54) is 24.3 Å². The maximum absolute atomic E-state index is 12.0. The van der Waals surface area contributed by atoms with Crippen molar-refractivity contribution in [2.75, 3.05) is 5.32 Å². The van der Waals surface area contributed by atoms with Crippen LogP contribution in [0.25, 0.3) is 0 Å². The summed E-state index contributed by atoms with van der Waals surface area (Å²) in [5, 5.41) is 3.39. The summed E-state index contributed by atoms with van der Waals surface area (Å²) in [5.41, 5.74) is 6.35. The number of rotatable bonds is 3. The molecule has 0 spiro atoms. The van der Waals surface area contributed by atoms with E-state index < -0.39 is 5.91 Å². The zero-order chi connectivity index (χ0) is 14.7. The average Bonchev–Trinajstić information content (AvgIpc) is 2.39. The van der Waals surface area contributed by atoms with Crippen molar-refractivity contribution in [1.82, 2.24) is 0 Å². The highest BCUT2D eigenvalue weighted by Crippen LogP contribution is 2.22. The van der Waals surface area contributed by atoms with E-state index in [1.807, 2.05) is 0 Å². The van der Waals surface area contributed by atoms with Gasteiger partial charge in [-0.15, -0.1) is 0 Å². The van der Waals surface area contributed by atoms with Crippen LogP contribution in [0.1, 0.15) is 20.7 Å². The summed E-state index contributed by atoms with van der Waals surface area (Å²) in [7, 11) is 0. The Balaban J connectivity index is 2.17. The van der Waals surface area contributed by atoms with Gasteiger partial charge in [0.05, 0.1) is 10.6 Å². The van der Waals surface area contributed by atoms with E-state index in [2.05, 4.69) is 5.32 Å². The molecule has 0 aromatic heterocycles. The lowest BCUT2D eigenvalue weighted by molar-refractivity contribution is 0.0998. The second-order valence-electron chi connectivity index (χ2n) is 4.02. The summed E-state index contributed by atoms with van der Waals surface area (Å²) < 4.78 is 0. The number of amides is 2. The molecule has 3 N–H and O–H groups in total. The van der Waals surface area contributed by atoms with E-state index in [0.717, 1.165) is 0 Å². The van der Waals surface area contributed by atoms with Crippen molar-refractivity contribution in [3.8, 4) is 0 Å². The molecule has 0 atom stereocenters. The van der Waals surface area contributed by atoms with Gasteiger partial charge in [-0.1, -0.05) is 23.2 Å². The highest BCUT2D eigenvalue weighted by Gasteiger charge is 2.11. The second kappa shape index (κ2) is 5.94. The van der Waals surface area contributed by atoms with Crippen molar-refractivity contribution in [3.63, 3.8) is 0 Å². The number of nitrogens with two attached hydrogens (primary N) is 1. The average molecular weight is 309 g/mol. The van der Waals surface area contributed by atoms with Crippen LogP contribution in [0.5, 0.6) is 0 Å². The van der Waals surface area contributed by atoms with Gasteiger partial charge in [0.15, 0.2) is 0 Å². The molecule has 4 nitrogen and oxygen atoms in total. The molecule has 0 bridgehead atoms. The summed E-state index contributed by atoms with van der Waals surface area (Å²) in [6.07, 6.45) is 0. The maximum Gasteiger partial charge on any atom is 0.257 e. The van der Waals surface area contributed by atoms with Gasteiger partial charge < -0.3 is 11.1 Å². The van der Waals surface area contributed by atoms with E-state index in [-0.39, 0.29) is 10.9 Å². The fraction of sp³-hybridized carbons (Fsp3) is 0. The molecule has 2 rings (SSSR count). The molecule has 0 saturated heterocycles. The van der Waals surface area contributed by atoms with E-state index in [9.17, 15) is 9.59 Å². The SMILES string of the molecule is NC(=O)c1ccc(NC(=O)c2ccc(Cl)cc2Cl)cc1. The quantitative estimate of drug-likeness (QED) is 0.912. The standard InChI is InChI=1S/C14H10Cl2N2O2/c15-9-3-6-11(12(16)7-9)14(20)18-10-4-1-8(2-5-10)13(17)19/h1-7H,(H2,17,19)(H,18,20). The van der Waals surface area contributed by atoms with Crippen LogP contribution in [0.4, 0.5) is 5.69 Å². The summed E-state index contributed by atoms with van der Waals surface area (Å²) >= 11 is 11.7. The van der Waals surface area contributed by atoms with Crippen molar-refractivity contribution in [2.24, 2.45) is 5.73 Å². The minimum Gasteiger partial charge on any atom is -0.366 e. The molecule has 0 aliphatic heterocycles. The number of anilines is 1. The summed E-state index contributed by atoms with van der Waals surface area (Å²) in [4.78, 5) is 23.0. The molecule has 2 aromatic rings. The summed E-state index contributed by atoms with van der Waals surface area (Å²) in [5.74, 6) is -0.887. The molecule has 2 amide bonds. The van der Waals surface area contributed by atoms with Crippen LogP contribution < -0.4 is 11.1 Å². The Labute approximate surface area is 125 Å². The molecule has 0 aliphatic carbocycles. The van der Waals surface area contributed by atoms with Crippen LogP contribution in [-0.4, -0.2) is 11.8 Å². The second-order valence-corrected chi connectivity index (χ2v) is 4.86. The molecular formula is C14H10Cl2N2O2. The van der Waals surface area contributed by atoms with Crippen LogP contribution in [0.2, 0.25) is 10.0 Å². The molecule has 6 heteroatoms. The Bertz CT molecular complexity index is 669. The van der Waals surface area contributed by atoms with Gasteiger partial charge in [0, 0.05) is 16.3 Å². The lowest BCUT2D eigenvalue weighted by atomic mass is 10.1. The lowest BCUT2D eigenvalue weighted by Crippen LogP contribution is -2.13. The van der Waals surface area contributed by atoms with E-state index in [4.69, 9.17) is 28.9 Å². The summed E-state index contributed by atoms with van der Waals surface area (Å²) in [6, 6.07) is 10.8. The van der Waals surface area contributed by atoms with Gasteiger partial charge in [0.1, 0.15) is 0 Å². The zero-order valence-electron chi connectivity index (χ0n) is 10.2. The van der Waals surface area contributed by atoms with Crippen molar-refractivity contribution in [1.29, 1.82) is 0 Å². The van der Waals surface area contributed by atoms with Gasteiger partial charge in [0.25, 0.3) is 5.91 Å². The van der Waals surface area contributed by atoms with Crippen molar-refractivity contribution < 1.29 is 9.59 Å². The molecule has 0 unspecified atom stereocenters. The molecular weight excluding hydrogens is 299 g/mol. The lowest BCUT2D eigenvalue weighted by Gasteiger charge is -2.07. The minimum atomic E-state index is -0.524. The Kier molecular flexibility index (Phi) is 4.27. The fourth-order valence-electron chi connectivity index (χ4n) is 1.59. The van der Waals surface area contributed by atoms with Crippen LogP contribution in [0, 0.1) is 0 Å². The fourth-order valence-corrected chi connectivity index (χ4v) is 2.08. The van der Waals surface area contributed by atoms with Gasteiger partial charge in [-0.3, -0.25) is 9.59 Å². The number of hydrogen-bond acceptors (Lipinski definition) is 2. The van der Waals surface area contributed by atoms with Crippen LogP contribution in [0.3, 0.4) is 0 Å². The molecule has 2 aromatic carbocycles. The Hall–Kier alpha value is -2.04. The van der Waals surface area contributed by atoms with E-state index in [1.54, 1.807) is 18.2 Å². The highest BCUT2D eigenvalue weighted by atomic mass is 35.5. The largest absolute Gasteiger partial charge is 0.366 e. The number of halogens is 2. The zero-order valence-corrected chi connectivity index (χ0v) is 11.7. The smallest absolute Gasteiger partial charge is 0.257 e. The van der Waals surface area contributed by atoms with Gasteiger partial charge in [-0.05, 0) is 42.5 Å². The van der Waals surface area contributed by atoms with Gasteiger partial charge in [-0.2, -0.15) is 0 Å². The van der Waals surface area contributed by atoms with Gasteiger partial charge >= 0.3 is 0 Å².